The van der Waals surface area contributed by atoms with Gasteiger partial charge >= 0.3 is 6.09 Å². The van der Waals surface area contributed by atoms with Crippen LogP contribution in [0.2, 0.25) is 0 Å². The van der Waals surface area contributed by atoms with Crippen LogP contribution in [0.4, 0.5) is 10.6 Å². The highest BCUT2D eigenvalue weighted by molar-refractivity contribution is 9.10. The van der Waals surface area contributed by atoms with Gasteiger partial charge in [-0.25, -0.2) is 9.78 Å². The second kappa shape index (κ2) is 4.82. The minimum Gasteiger partial charge on any atom is -0.444 e. The number of rotatable bonds is 1. The number of nitrogens with one attached hydrogen (secondary N) is 1. The first-order valence-electron chi connectivity index (χ1n) is 4.91. The molecule has 0 radical (unpaired) electrons. The van der Waals surface area contributed by atoms with E-state index in [1.54, 1.807) is 0 Å². The molecule has 0 fully saturated rings. The average molecular weight is 287 g/mol. The molecule has 0 spiro atoms. The van der Waals surface area contributed by atoms with E-state index in [9.17, 15) is 4.79 Å². The maximum Gasteiger partial charge on any atom is 0.413 e. The van der Waals surface area contributed by atoms with Crippen LogP contribution in [-0.2, 0) is 4.74 Å². The summed E-state index contributed by atoms with van der Waals surface area (Å²) >= 11 is 3.31. The Hall–Kier alpha value is -1.10. The molecule has 1 rings (SSSR count). The van der Waals surface area contributed by atoms with Gasteiger partial charge < -0.3 is 4.74 Å². The summed E-state index contributed by atoms with van der Waals surface area (Å²) in [7, 11) is 0. The third-order valence-corrected chi connectivity index (χ3v) is 2.24. The predicted octanol–water partition coefficient (Wildman–Crippen LogP) is 3.50. The molecule has 0 aromatic carbocycles. The average Bonchev–Trinajstić information content (AvgIpc) is 2.08. The van der Waals surface area contributed by atoms with Crippen LogP contribution in [0.3, 0.4) is 0 Å². The fourth-order valence-electron chi connectivity index (χ4n) is 1.03. The number of halogens is 1. The fourth-order valence-corrected chi connectivity index (χ4v) is 1.35. The molecule has 0 saturated carbocycles. The maximum atomic E-state index is 11.5. The van der Waals surface area contributed by atoms with Gasteiger partial charge in [-0.15, -0.1) is 0 Å². The maximum absolute atomic E-state index is 11.5. The molecule has 16 heavy (non-hydrogen) atoms. The van der Waals surface area contributed by atoms with Gasteiger partial charge in [-0.05, 0) is 55.8 Å². The summed E-state index contributed by atoms with van der Waals surface area (Å²) in [6.07, 6.45) is -0.508. The lowest BCUT2D eigenvalue weighted by molar-refractivity contribution is 0.0635. The van der Waals surface area contributed by atoms with Crippen molar-refractivity contribution in [1.82, 2.24) is 4.98 Å². The van der Waals surface area contributed by atoms with Crippen molar-refractivity contribution in [2.24, 2.45) is 0 Å². The van der Waals surface area contributed by atoms with Crippen LogP contribution < -0.4 is 5.32 Å². The highest BCUT2D eigenvalue weighted by atomic mass is 79.9. The van der Waals surface area contributed by atoms with Gasteiger partial charge in [0.05, 0.1) is 4.47 Å². The number of nitrogens with zero attached hydrogens (tertiary/aromatic N) is 1. The van der Waals surface area contributed by atoms with Gasteiger partial charge in [-0.1, -0.05) is 0 Å². The van der Waals surface area contributed by atoms with Gasteiger partial charge in [0.15, 0.2) is 0 Å². The van der Waals surface area contributed by atoms with E-state index < -0.39 is 11.7 Å². The molecular formula is C11H15BrN2O2. The molecule has 0 saturated heterocycles. The summed E-state index contributed by atoms with van der Waals surface area (Å²) in [5.74, 6) is 0.467. The van der Waals surface area contributed by atoms with Crippen molar-refractivity contribution in [1.29, 1.82) is 0 Å². The van der Waals surface area contributed by atoms with E-state index in [2.05, 4.69) is 26.2 Å². The first-order valence-corrected chi connectivity index (χ1v) is 5.70. The van der Waals surface area contributed by atoms with Crippen molar-refractivity contribution in [3.05, 3.63) is 22.3 Å². The van der Waals surface area contributed by atoms with E-state index in [-0.39, 0.29) is 0 Å². The van der Waals surface area contributed by atoms with Crippen molar-refractivity contribution >= 4 is 27.8 Å². The Labute approximate surface area is 104 Å². The van der Waals surface area contributed by atoms with E-state index in [0.29, 0.717) is 5.82 Å². The molecule has 1 aromatic heterocycles. The number of hydrogen-bond donors (Lipinski definition) is 1. The van der Waals surface area contributed by atoms with Crippen molar-refractivity contribution in [3.8, 4) is 0 Å². The third-order valence-electron chi connectivity index (χ3n) is 1.60. The van der Waals surface area contributed by atoms with Gasteiger partial charge in [0.25, 0.3) is 0 Å². The highest BCUT2D eigenvalue weighted by Crippen LogP contribution is 2.20. The normalized spacial score (nSPS) is 11.1. The predicted molar refractivity (Wildman–Crippen MR) is 66.5 cm³/mol. The fraction of sp³-hybridized carbons (Fsp3) is 0.455. The minimum absolute atomic E-state index is 0.467. The number of ether oxygens (including phenoxy) is 1. The van der Waals surface area contributed by atoms with E-state index >= 15 is 0 Å². The van der Waals surface area contributed by atoms with Gasteiger partial charge in [0, 0.05) is 5.69 Å². The van der Waals surface area contributed by atoms with Crippen LogP contribution in [0.5, 0.6) is 0 Å². The van der Waals surface area contributed by atoms with E-state index in [4.69, 9.17) is 4.74 Å². The molecule has 1 amide bonds. The Bertz CT molecular complexity index is 399. The molecule has 0 aliphatic heterocycles. The third kappa shape index (κ3) is 4.18. The smallest absolute Gasteiger partial charge is 0.413 e. The lowest BCUT2D eigenvalue weighted by atomic mass is 10.2. The Balaban J connectivity index is 2.73. The summed E-state index contributed by atoms with van der Waals surface area (Å²) in [5.41, 5.74) is 0.315. The van der Waals surface area contributed by atoms with Crippen molar-refractivity contribution in [2.45, 2.75) is 33.3 Å². The number of carbonyl (C=O) groups excluding carboxylic acids is 1. The Morgan fingerprint density at radius 1 is 1.44 bits per heavy atom. The van der Waals surface area contributed by atoms with E-state index in [1.807, 2.05) is 39.8 Å². The largest absolute Gasteiger partial charge is 0.444 e. The van der Waals surface area contributed by atoms with Crippen LogP contribution in [-0.4, -0.2) is 16.7 Å². The zero-order chi connectivity index (χ0) is 12.3. The molecule has 0 aliphatic carbocycles. The number of aryl methyl sites for hydroxylation is 1. The van der Waals surface area contributed by atoms with Crippen LogP contribution in [0.25, 0.3) is 0 Å². The lowest BCUT2D eigenvalue weighted by Crippen LogP contribution is -2.27. The van der Waals surface area contributed by atoms with Gasteiger partial charge in [0.2, 0.25) is 0 Å². The molecule has 1 aromatic rings. The lowest BCUT2D eigenvalue weighted by Gasteiger charge is -2.19. The molecule has 5 heteroatoms. The molecule has 0 aliphatic rings. The zero-order valence-electron chi connectivity index (χ0n) is 9.80. The highest BCUT2D eigenvalue weighted by Gasteiger charge is 2.17. The number of amides is 1. The summed E-state index contributed by atoms with van der Waals surface area (Å²) in [4.78, 5) is 15.7. The molecule has 0 unspecified atom stereocenters. The summed E-state index contributed by atoms with van der Waals surface area (Å²) in [6, 6.07) is 3.68. The number of aromatic nitrogens is 1. The summed E-state index contributed by atoms with van der Waals surface area (Å²) in [6.45, 7) is 7.29. The number of pyridine rings is 1. The molecule has 88 valence electrons. The number of hydrogen-bond acceptors (Lipinski definition) is 3. The van der Waals surface area contributed by atoms with Crippen molar-refractivity contribution in [3.63, 3.8) is 0 Å². The first-order chi connectivity index (χ1) is 7.28. The van der Waals surface area contributed by atoms with Crippen molar-refractivity contribution in [2.75, 3.05) is 5.32 Å². The Morgan fingerprint density at radius 2 is 2.06 bits per heavy atom. The Morgan fingerprint density at radius 3 is 2.62 bits per heavy atom. The summed E-state index contributed by atoms with van der Waals surface area (Å²) < 4.78 is 5.85. The molecular weight excluding hydrogens is 272 g/mol. The molecule has 0 bridgehead atoms. The van der Waals surface area contributed by atoms with Crippen LogP contribution >= 0.6 is 15.9 Å². The molecule has 0 atom stereocenters. The number of anilines is 1. The molecule has 4 nitrogen and oxygen atoms in total. The molecule has 1 N–H and O–H groups in total. The SMILES string of the molecule is Cc1ccc(Br)c(NC(=O)OC(C)(C)C)n1. The Kier molecular flexibility index (Phi) is 3.91. The molecule has 1 heterocycles. The van der Waals surface area contributed by atoms with E-state index in [0.717, 1.165) is 10.2 Å². The minimum atomic E-state index is -0.514. The second-order valence-electron chi connectivity index (χ2n) is 4.41. The second-order valence-corrected chi connectivity index (χ2v) is 5.26. The zero-order valence-corrected chi connectivity index (χ0v) is 11.4. The standard InChI is InChI=1S/C11H15BrN2O2/c1-7-5-6-8(12)9(13-7)14-10(15)16-11(2,3)4/h5-6H,1-4H3,(H,13,14,15). The first kappa shape index (κ1) is 13.0. The van der Waals surface area contributed by atoms with Gasteiger partial charge in [0.1, 0.15) is 11.4 Å². The monoisotopic (exact) mass is 286 g/mol. The van der Waals surface area contributed by atoms with Crippen LogP contribution in [0.15, 0.2) is 16.6 Å². The van der Waals surface area contributed by atoms with Crippen molar-refractivity contribution < 1.29 is 9.53 Å². The van der Waals surface area contributed by atoms with Crippen LogP contribution in [0.1, 0.15) is 26.5 Å². The van der Waals surface area contributed by atoms with E-state index in [1.165, 1.54) is 0 Å². The summed E-state index contributed by atoms with van der Waals surface area (Å²) in [5, 5.41) is 2.59. The quantitative estimate of drug-likeness (QED) is 0.860. The topological polar surface area (TPSA) is 51.2 Å². The van der Waals surface area contributed by atoms with Gasteiger partial charge in [-0.2, -0.15) is 0 Å². The van der Waals surface area contributed by atoms with Gasteiger partial charge in [-0.3, -0.25) is 5.32 Å². The number of carbonyl (C=O) groups is 1. The van der Waals surface area contributed by atoms with Crippen LogP contribution in [0, 0.1) is 6.92 Å².